The van der Waals surface area contributed by atoms with Gasteiger partial charge in [-0.15, -0.1) is 0 Å². The van der Waals surface area contributed by atoms with Crippen LogP contribution in [0.25, 0.3) is 11.1 Å². The summed E-state index contributed by atoms with van der Waals surface area (Å²) in [6, 6.07) is 16.9. The highest BCUT2D eigenvalue weighted by molar-refractivity contribution is 6.74. The predicted octanol–water partition coefficient (Wildman–Crippen LogP) is 6.42. The fraction of sp³-hybridized carbons (Fsp3) is 0.500. The highest BCUT2D eigenvalue weighted by atomic mass is 28.4. The summed E-state index contributed by atoms with van der Waals surface area (Å²) in [5, 5.41) is 0.166. The van der Waals surface area contributed by atoms with E-state index < -0.39 is 8.32 Å². The number of fused-ring (bicyclic) bond motifs is 3. The average Bonchev–Trinajstić information content (AvgIpc) is 3.05. The third-order valence-electron chi connectivity index (χ3n) is 7.24. The molecule has 0 radical (unpaired) electrons. The van der Waals surface area contributed by atoms with E-state index in [-0.39, 0.29) is 23.2 Å². The van der Waals surface area contributed by atoms with Crippen molar-refractivity contribution >= 4 is 14.4 Å². The molecule has 2 aromatic carbocycles. The van der Waals surface area contributed by atoms with E-state index in [4.69, 9.17) is 9.16 Å². The van der Waals surface area contributed by atoms with Crippen LogP contribution in [0.4, 0.5) is 4.79 Å². The van der Waals surface area contributed by atoms with Crippen molar-refractivity contribution in [2.24, 2.45) is 0 Å². The first-order valence-electron chi connectivity index (χ1n) is 11.4. The van der Waals surface area contributed by atoms with Crippen molar-refractivity contribution in [1.82, 2.24) is 4.90 Å². The molecule has 4 nitrogen and oxygen atoms in total. The van der Waals surface area contributed by atoms with Gasteiger partial charge in [0.05, 0.1) is 6.10 Å². The first kappa shape index (κ1) is 22.1. The minimum atomic E-state index is -1.85. The second kappa shape index (κ2) is 8.44. The van der Waals surface area contributed by atoms with E-state index in [9.17, 15) is 4.79 Å². The molecule has 0 aromatic heterocycles. The third kappa shape index (κ3) is 4.44. The Kier molecular flexibility index (Phi) is 6.01. The van der Waals surface area contributed by atoms with Crippen molar-refractivity contribution < 1.29 is 14.0 Å². The van der Waals surface area contributed by atoms with E-state index >= 15 is 0 Å². The fourth-order valence-corrected chi connectivity index (χ4v) is 5.86. The maximum absolute atomic E-state index is 12.9. The fourth-order valence-electron chi connectivity index (χ4n) is 4.48. The van der Waals surface area contributed by atoms with Crippen LogP contribution in [0.5, 0.6) is 0 Å². The summed E-state index contributed by atoms with van der Waals surface area (Å²) < 4.78 is 12.5. The first-order valence-corrected chi connectivity index (χ1v) is 14.4. The molecule has 1 amide bonds. The topological polar surface area (TPSA) is 38.8 Å². The number of rotatable bonds is 4. The van der Waals surface area contributed by atoms with Crippen LogP contribution >= 0.6 is 0 Å². The number of hydrogen-bond donors (Lipinski definition) is 0. The van der Waals surface area contributed by atoms with Gasteiger partial charge in [-0.05, 0) is 53.2 Å². The average molecular weight is 438 g/mol. The van der Waals surface area contributed by atoms with Crippen molar-refractivity contribution in [2.45, 2.75) is 63.8 Å². The Morgan fingerprint density at radius 2 is 1.61 bits per heavy atom. The molecule has 2 aliphatic rings. The Labute approximate surface area is 187 Å². The Morgan fingerprint density at radius 1 is 1.03 bits per heavy atom. The number of benzene rings is 2. The molecule has 31 heavy (non-hydrogen) atoms. The largest absolute Gasteiger partial charge is 0.448 e. The summed E-state index contributed by atoms with van der Waals surface area (Å²) in [5.74, 6) is 0.0976. The number of nitrogens with zero attached hydrogens (tertiary/aromatic N) is 1. The number of amides is 1. The molecule has 2 aromatic rings. The van der Waals surface area contributed by atoms with Gasteiger partial charge in [0.15, 0.2) is 8.32 Å². The Bertz CT molecular complexity index is 904. The number of ether oxygens (including phenoxy) is 1. The van der Waals surface area contributed by atoms with Gasteiger partial charge >= 0.3 is 6.09 Å². The van der Waals surface area contributed by atoms with Gasteiger partial charge in [0.2, 0.25) is 0 Å². The smallest absolute Gasteiger partial charge is 0.409 e. The van der Waals surface area contributed by atoms with Gasteiger partial charge in [0.1, 0.15) is 6.61 Å². The van der Waals surface area contributed by atoms with Crippen molar-refractivity contribution in [3.05, 3.63) is 59.7 Å². The number of hydrogen-bond acceptors (Lipinski definition) is 3. The highest BCUT2D eigenvalue weighted by Gasteiger charge is 2.40. The van der Waals surface area contributed by atoms with E-state index in [0.717, 1.165) is 19.4 Å². The summed E-state index contributed by atoms with van der Waals surface area (Å²) >= 11 is 0. The second-order valence-corrected chi connectivity index (χ2v) is 15.1. The van der Waals surface area contributed by atoms with Crippen LogP contribution in [-0.4, -0.2) is 45.1 Å². The van der Waals surface area contributed by atoms with E-state index in [0.29, 0.717) is 13.2 Å². The minimum absolute atomic E-state index is 0.0976. The molecule has 166 valence electrons. The van der Waals surface area contributed by atoms with Gasteiger partial charge in [-0.3, -0.25) is 0 Å². The number of carbonyl (C=O) groups excluding carboxylic acids is 1. The highest BCUT2D eigenvalue weighted by Crippen LogP contribution is 2.44. The predicted molar refractivity (Wildman–Crippen MR) is 128 cm³/mol. The zero-order valence-electron chi connectivity index (χ0n) is 19.5. The van der Waals surface area contributed by atoms with Crippen molar-refractivity contribution in [3.8, 4) is 11.1 Å². The van der Waals surface area contributed by atoms with Gasteiger partial charge in [-0.25, -0.2) is 4.79 Å². The quantitative estimate of drug-likeness (QED) is 0.518. The summed E-state index contributed by atoms with van der Waals surface area (Å²) in [5.41, 5.74) is 4.99. The molecule has 0 unspecified atom stereocenters. The maximum Gasteiger partial charge on any atom is 0.409 e. The van der Waals surface area contributed by atoms with Crippen LogP contribution in [0.3, 0.4) is 0 Å². The summed E-state index contributed by atoms with van der Waals surface area (Å²) in [6.45, 7) is 13.1. The lowest BCUT2D eigenvalue weighted by Crippen LogP contribution is -2.50. The molecule has 4 rings (SSSR count). The molecule has 1 saturated heterocycles. The molecule has 0 saturated carbocycles. The molecule has 5 heteroatoms. The van der Waals surface area contributed by atoms with E-state index in [2.05, 4.69) is 82.4 Å². The van der Waals surface area contributed by atoms with Gasteiger partial charge < -0.3 is 14.1 Å². The lowest BCUT2D eigenvalue weighted by Gasteiger charge is -2.42. The SMILES string of the molecule is CC(C)(C)[Si](C)(C)O[C@@H]1CCCN(C(=O)OCC2c3ccccc3-c3ccccc32)C1. The van der Waals surface area contributed by atoms with Gasteiger partial charge in [-0.2, -0.15) is 0 Å². The van der Waals surface area contributed by atoms with Crippen LogP contribution in [0, 0.1) is 0 Å². The van der Waals surface area contributed by atoms with Gasteiger partial charge in [0, 0.05) is 19.0 Å². The summed E-state index contributed by atoms with van der Waals surface area (Å²) in [7, 11) is -1.85. The molecule has 0 bridgehead atoms. The Balaban J connectivity index is 1.40. The molecular formula is C26H35NO3Si. The number of piperidine rings is 1. The molecule has 1 aliphatic carbocycles. The zero-order chi connectivity index (χ0) is 22.2. The Hall–Kier alpha value is -2.11. The number of carbonyl (C=O) groups is 1. The van der Waals surface area contributed by atoms with Crippen molar-refractivity contribution in [2.75, 3.05) is 19.7 Å². The first-order chi connectivity index (χ1) is 14.7. The van der Waals surface area contributed by atoms with Crippen molar-refractivity contribution in [3.63, 3.8) is 0 Å². The van der Waals surface area contributed by atoms with Crippen LogP contribution < -0.4 is 0 Å². The summed E-state index contributed by atoms with van der Waals surface area (Å²) in [6.07, 6.45) is 1.86. The minimum Gasteiger partial charge on any atom is -0.448 e. The van der Waals surface area contributed by atoms with Crippen LogP contribution in [0.2, 0.25) is 18.1 Å². The maximum atomic E-state index is 12.9. The van der Waals surface area contributed by atoms with Gasteiger partial charge in [-0.1, -0.05) is 69.3 Å². The Morgan fingerprint density at radius 3 is 2.19 bits per heavy atom. The van der Waals surface area contributed by atoms with Gasteiger partial charge in [0.25, 0.3) is 0 Å². The monoisotopic (exact) mass is 437 g/mol. The van der Waals surface area contributed by atoms with Crippen LogP contribution in [-0.2, 0) is 9.16 Å². The van der Waals surface area contributed by atoms with E-state index in [1.807, 2.05) is 4.90 Å². The molecule has 0 spiro atoms. The molecule has 1 aliphatic heterocycles. The molecular weight excluding hydrogens is 402 g/mol. The molecule has 1 heterocycles. The summed E-state index contributed by atoms with van der Waals surface area (Å²) in [4.78, 5) is 14.8. The molecule has 1 fully saturated rings. The van der Waals surface area contributed by atoms with E-state index in [1.165, 1.54) is 22.3 Å². The third-order valence-corrected chi connectivity index (χ3v) is 11.8. The lowest BCUT2D eigenvalue weighted by molar-refractivity contribution is 0.0524. The number of likely N-dealkylation sites (tertiary alicyclic amines) is 1. The lowest BCUT2D eigenvalue weighted by atomic mass is 9.98. The molecule has 1 atom stereocenters. The van der Waals surface area contributed by atoms with Crippen molar-refractivity contribution in [1.29, 1.82) is 0 Å². The zero-order valence-corrected chi connectivity index (χ0v) is 20.5. The second-order valence-electron chi connectivity index (χ2n) is 10.4. The van der Waals surface area contributed by atoms with E-state index in [1.54, 1.807) is 0 Å². The normalized spacial score (nSPS) is 19.1. The van der Waals surface area contributed by atoms with Crippen LogP contribution in [0.15, 0.2) is 48.5 Å². The molecule has 0 N–H and O–H groups in total. The van der Waals surface area contributed by atoms with Crippen LogP contribution in [0.1, 0.15) is 50.7 Å². The standard InChI is InChI=1S/C26H35NO3Si/c1-26(2,3)31(4,5)30-19-11-10-16-27(17-19)25(28)29-18-24-22-14-8-6-12-20(22)21-13-7-9-15-23(21)24/h6-9,12-15,19,24H,10-11,16-18H2,1-5H3/t19-/m1/s1.